The molecule has 0 nitrogen and oxygen atoms in total. The Bertz CT molecular complexity index is 147. The summed E-state index contributed by atoms with van der Waals surface area (Å²) in [4.78, 5) is 0. The second-order valence-electron chi connectivity index (χ2n) is 5.85. The molecule has 16 heavy (non-hydrogen) atoms. The number of hydrogen-bond donors (Lipinski definition) is 0. The smallest absolute Gasteiger partial charge is 0.0357 e. The Hall–Kier alpha value is 0. The Morgan fingerprint density at radius 2 is 1.12 bits per heavy atom. The number of rotatable bonds is 9. The van der Waals surface area contributed by atoms with Gasteiger partial charge >= 0.3 is 0 Å². The molecule has 0 radical (unpaired) electrons. The van der Waals surface area contributed by atoms with Crippen LogP contribution in [0.5, 0.6) is 0 Å². The molecule has 0 N–H and O–H groups in total. The third kappa shape index (κ3) is 4.11. The Balaban J connectivity index is 2.26. The van der Waals surface area contributed by atoms with Gasteiger partial charge in [0.25, 0.3) is 0 Å². The minimum Gasteiger partial charge on any atom is -0.0654 e. The number of unbranched alkanes of at least 4 members (excludes halogenated alkanes) is 3. The van der Waals surface area contributed by atoms with Crippen LogP contribution >= 0.6 is 0 Å². The zero-order valence-corrected chi connectivity index (χ0v) is 11.8. The minimum atomic E-state index is 1.10. The predicted molar refractivity (Wildman–Crippen MR) is 73.7 cm³/mol. The molecule has 2 atom stereocenters. The van der Waals surface area contributed by atoms with E-state index < -0.39 is 0 Å². The molecule has 0 aromatic heterocycles. The van der Waals surface area contributed by atoms with Crippen molar-refractivity contribution in [1.29, 1.82) is 0 Å². The second kappa shape index (κ2) is 8.14. The van der Waals surface area contributed by atoms with Crippen molar-refractivity contribution in [1.82, 2.24) is 0 Å². The third-order valence-corrected chi connectivity index (χ3v) is 4.56. The van der Waals surface area contributed by atoms with E-state index in [0.717, 1.165) is 17.8 Å². The zero-order valence-electron chi connectivity index (χ0n) is 11.8. The van der Waals surface area contributed by atoms with Crippen LogP contribution in [0, 0.1) is 17.8 Å². The molecule has 1 aliphatic rings. The summed E-state index contributed by atoms with van der Waals surface area (Å²) in [6.45, 7) is 6.99. The molecule has 0 saturated heterocycles. The van der Waals surface area contributed by atoms with Crippen molar-refractivity contribution in [2.45, 2.75) is 85.0 Å². The lowest BCUT2D eigenvalue weighted by atomic mass is 9.60. The summed E-state index contributed by atoms with van der Waals surface area (Å²) >= 11 is 0. The van der Waals surface area contributed by atoms with Crippen LogP contribution in [0.3, 0.4) is 0 Å². The summed E-state index contributed by atoms with van der Waals surface area (Å²) in [6, 6.07) is 0. The summed E-state index contributed by atoms with van der Waals surface area (Å²) < 4.78 is 0. The van der Waals surface area contributed by atoms with E-state index in [-0.39, 0.29) is 0 Å². The first-order chi connectivity index (χ1) is 7.83. The van der Waals surface area contributed by atoms with E-state index in [1.807, 2.05) is 0 Å². The summed E-state index contributed by atoms with van der Waals surface area (Å²) in [5, 5.41) is 0. The molecular weight excluding hydrogens is 192 g/mol. The van der Waals surface area contributed by atoms with E-state index in [0.29, 0.717) is 0 Å². The first-order valence-corrected chi connectivity index (χ1v) is 7.83. The van der Waals surface area contributed by atoms with Crippen LogP contribution in [0.15, 0.2) is 0 Å². The Kier molecular flexibility index (Phi) is 7.16. The molecule has 96 valence electrons. The van der Waals surface area contributed by atoms with Crippen LogP contribution in [0.4, 0.5) is 0 Å². The molecular formula is C16H32. The largest absolute Gasteiger partial charge is 0.0654 e. The van der Waals surface area contributed by atoms with Crippen molar-refractivity contribution >= 4 is 0 Å². The molecule has 0 heterocycles. The second-order valence-corrected chi connectivity index (χ2v) is 5.85. The van der Waals surface area contributed by atoms with Crippen LogP contribution in [0.25, 0.3) is 0 Å². The van der Waals surface area contributed by atoms with Crippen molar-refractivity contribution < 1.29 is 0 Å². The van der Waals surface area contributed by atoms with Crippen LogP contribution in [-0.2, 0) is 0 Å². The summed E-state index contributed by atoms with van der Waals surface area (Å²) in [7, 11) is 0. The molecule has 0 aromatic rings. The van der Waals surface area contributed by atoms with Gasteiger partial charge in [0.05, 0.1) is 0 Å². The highest BCUT2D eigenvalue weighted by molar-refractivity contribution is 4.88. The molecule has 2 unspecified atom stereocenters. The van der Waals surface area contributed by atoms with Crippen molar-refractivity contribution in [3.8, 4) is 0 Å². The molecule has 0 aromatic carbocycles. The molecule has 1 fully saturated rings. The molecule has 0 bridgehead atoms. The fourth-order valence-electron chi connectivity index (χ4n) is 3.44. The summed E-state index contributed by atoms with van der Waals surface area (Å²) in [6.07, 6.45) is 14.7. The normalized spacial score (nSPS) is 29.1. The predicted octanol–water partition coefficient (Wildman–Crippen LogP) is 5.81. The minimum absolute atomic E-state index is 1.10. The molecule has 0 spiro atoms. The van der Waals surface area contributed by atoms with Gasteiger partial charge in [-0.2, -0.15) is 0 Å². The summed E-state index contributed by atoms with van der Waals surface area (Å²) in [5.74, 6) is 3.32. The van der Waals surface area contributed by atoms with Gasteiger partial charge < -0.3 is 0 Å². The first-order valence-electron chi connectivity index (χ1n) is 7.83. The fraction of sp³-hybridized carbons (Fsp3) is 1.00. The molecule has 1 saturated carbocycles. The van der Waals surface area contributed by atoms with Gasteiger partial charge in [0.1, 0.15) is 0 Å². The molecule has 0 heteroatoms. The highest BCUT2D eigenvalue weighted by Gasteiger charge is 2.38. The van der Waals surface area contributed by atoms with Crippen molar-refractivity contribution in [3.63, 3.8) is 0 Å². The average Bonchev–Trinajstić information content (AvgIpc) is 2.28. The van der Waals surface area contributed by atoms with Crippen LogP contribution in [0.2, 0.25) is 0 Å². The Morgan fingerprint density at radius 3 is 1.56 bits per heavy atom. The Morgan fingerprint density at radius 1 is 0.688 bits per heavy atom. The van der Waals surface area contributed by atoms with Crippen molar-refractivity contribution in [3.05, 3.63) is 0 Å². The molecule has 0 amide bonds. The van der Waals surface area contributed by atoms with Gasteiger partial charge in [0.15, 0.2) is 0 Å². The lowest BCUT2D eigenvalue weighted by molar-refractivity contribution is 0.0444. The maximum absolute atomic E-state index is 2.33. The van der Waals surface area contributed by atoms with Gasteiger partial charge in [-0.25, -0.2) is 0 Å². The SMILES string of the molecule is CCCCC1CC(CCCC)C1CCCC. The van der Waals surface area contributed by atoms with Gasteiger partial charge in [0, 0.05) is 0 Å². The van der Waals surface area contributed by atoms with E-state index in [4.69, 9.17) is 0 Å². The quantitative estimate of drug-likeness (QED) is 0.463. The first kappa shape index (κ1) is 14.1. The molecule has 1 aliphatic carbocycles. The van der Waals surface area contributed by atoms with Gasteiger partial charge in [-0.05, 0) is 30.6 Å². The monoisotopic (exact) mass is 224 g/mol. The molecule has 1 rings (SSSR count). The maximum atomic E-state index is 2.33. The van der Waals surface area contributed by atoms with Gasteiger partial charge in [0.2, 0.25) is 0 Å². The van der Waals surface area contributed by atoms with Crippen molar-refractivity contribution in [2.75, 3.05) is 0 Å². The van der Waals surface area contributed by atoms with E-state index in [1.54, 1.807) is 6.42 Å². The standard InChI is InChI=1S/C16H32/c1-4-7-10-14-13-15(11-8-5-2)16(14)12-9-6-3/h14-16H,4-13H2,1-3H3. The Labute approximate surface area is 103 Å². The molecule has 0 aliphatic heterocycles. The van der Waals surface area contributed by atoms with E-state index in [9.17, 15) is 0 Å². The lowest BCUT2D eigenvalue weighted by Crippen LogP contribution is -2.36. The van der Waals surface area contributed by atoms with Crippen LogP contribution in [0.1, 0.15) is 85.0 Å². The summed E-state index contributed by atoms with van der Waals surface area (Å²) in [5.41, 5.74) is 0. The lowest BCUT2D eigenvalue weighted by Gasteiger charge is -2.46. The van der Waals surface area contributed by atoms with Crippen LogP contribution < -0.4 is 0 Å². The van der Waals surface area contributed by atoms with Crippen LogP contribution in [-0.4, -0.2) is 0 Å². The topological polar surface area (TPSA) is 0 Å². The van der Waals surface area contributed by atoms with Crippen molar-refractivity contribution in [2.24, 2.45) is 17.8 Å². The van der Waals surface area contributed by atoms with Gasteiger partial charge in [-0.3, -0.25) is 0 Å². The maximum Gasteiger partial charge on any atom is -0.0357 e. The van der Waals surface area contributed by atoms with Gasteiger partial charge in [-0.1, -0.05) is 72.1 Å². The average molecular weight is 224 g/mol. The third-order valence-electron chi connectivity index (χ3n) is 4.56. The van der Waals surface area contributed by atoms with E-state index in [1.165, 1.54) is 57.8 Å². The highest BCUT2D eigenvalue weighted by Crippen LogP contribution is 2.48. The highest BCUT2D eigenvalue weighted by atomic mass is 14.4. The number of hydrogen-bond acceptors (Lipinski definition) is 0. The van der Waals surface area contributed by atoms with Gasteiger partial charge in [-0.15, -0.1) is 0 Å². The zero-order chi connectivity index (χ0) is 11.8. The van der Waals surface area contributed by atoms with E-state index >= 15 is 0 Å². The fourth-order valence-corrected chi connectivity index (χ4v) is 3.44. The van der Waals surface area contributed by atoms with E-state index in [2.05, 4.69) is 20.8 Å².